The Morgan fingerprint density at radius 1 is 1.00 bits per heavy atom. The van der Waals surface area contributed by atoms with Crippen molar-refractivity contribution in [1.82, 2.24) is 5.32 Å². The average Bonchev–Trinajstić information content (AvgIpc) is 2.52. The molecule has 1 atom stereocenters. The highest BCUT2D eigenvalue weighted by Crippen LogP contribution is 2.34. The molecule has 21 heavy (non-hydrogen) atoms. The zero-order valence-corrected chi connectivity index (χ0v) is 14.2. The first-order valence-corrected chi connectivity index (χ1v) is 8.10. The number of nitrogens with one attached hydrogen (secondary N) is 1. The van der Waals surface area contributed by atoms with Gasteiger partial charge in [-0.1, -0.05) is 67.4 Å². The molecule has 112 valence electrons. The smallest absolute Gasteiger partial charge is 0.0643 e. The Morgan fingerprint density at radius 3 is 2.38 bits per heavy atom. The third-order valence-corrected chi connectivity index (χ3v) is 4.73. The molecule has 0 saturated carbocycles. The van der Waals surface area contributed by atoms with Crippen molar-refractivity contribution in [3.8, 4) is 0 Å². The van der Waals surface area contributed by atoms with Crippen LogP contribution < -0.4 is 5.32 Å². The van der Waals surface area contributed by atoms with Crippen molar-refractivity contribution < 1.29 is 0 Å². The Hall–Kier alpha value is -1.02. The number of hydrogen-bond acceptors (Lipinski definition) is 1. The molecule has 1 nitrogen and oxygen atoms in total. The summed E-state index contributed by atoms with van der Waals surface area (Å²) in [5, 5.41) is 4.61. The van der Waals surface area contributed by atoms with E-state index in [0.717, 1.165) is 18.4 Å². The molecule has 0 aromatic heterocycles. The second-order valence-corrected chi connectivity index (χ2v) is 5.89. The van der Waals surface area contributed by atoms with Gasteiger partial charge in [0.05, 0.1) is 16.1 Å². The minimum atomic E-state index is 0.0534. The molecule has 3 heteroatoms. The quantitative estimate of drug-likeness (QED) is 0.774. The highest BCUT2D eigenvalue weighted by Gasteiger charge is 2.19. The van der Waals surface area contributed by atoms with Gasteiger partial charge in [0, 0.05) is 0 Å². The van der Waals surface area contributed by atoms with Crippen LogP contribution in [-0.2, 0) is 12.8 Å². The van der Waals surface area contributed by atoms with Crippen LogP contribution in [0.4, 0.5) is 0 Å². The van der Waals surface area contributed by atoms with E-state index < -0.39 is 0 Å². The fourth-order valence-electron chi connectivity index (χ4n) is 2.68. The highest BCUT2D eigenvalue weighted by atomic mass is 35.5. The Morgan fingerprint density at radius 2 is 1.76 bits per heavy atom. The summed E-state index contributed by atoms with van der Waals surface area (Å²) in [5.41, 5.74) is 4.97. The molecule has 0 amide bonds. The summed E-state index contributed by atoms with van der Waals surface area (Å²) < 4.78 is 0. The van der Waals surface area contributed by atoms with Crippen LogP contribution in [-0.4, -0.2) is 7.05 Å². The lowest BCUT2D eigenvalue weighted by atomic mass is 9.91. The van der Waals surface area contributed by atoms with E-state index in [1.54, 1.807) is 0 Å². The highest BCUT2D eigenvalue weighted by molar-refractivity contribution is 6.42. The van der Waals surface area contributed by atoms with Gasteiger partial charge in [-0.15, -0.1) is 0 Å². The van der Waals surface area contributed by atoms with Crippen molar-refractivity contribution in [2.45, 2.75) is 32.7 Å². The van der Waals surface area contributed by atoms with Gasteiger partial charge in [-0.2, -0.15) is 0 Å². The van der Waals surface area contributed by atoms with E-state index in [1.807, 2.05) is 25.2 Å². The minimum Gasteiger partial charge on any atom is -0.309 e. The molecule has 0 spiro atoms. The SMILES string of the molecule is CCc1ccc(CC)c(C(NC)c2cccc(Cl)c2Cl)c1. The van der Waals surface area contributed by atoms with Gasteiger partial charge in [0.15, 0.2) is 0 Å². The molecule has 0 heterocycles. The molecule has 0 radical (unpaired) electrons. The lowest BCUT2D eigenvalue weighted by molar-refractivity contribution is 0.683. The molecule has 0 aliphatic carbocycles. The first-order chi connectivity index (χ1) is 10.1. The van der Waals surface area contributed by atoms with E-state index in [4.69, 9.17) is 23.2 Å². The Labute approximate surface area is 137 Å². The van der Waals surface area contributed by atoms with Gasteiger partial charge in [-0.05, 0) is 48.2 Å². The summed E-state index contributed by atoms with van der Waals surface area (Å²) in [7, 11) is 1.96. The van der Waals surface area contributed by atoms with Crippen LogP contribution in [0.1, 0.15) is 42.1 Å². The molecule has 2 rings (SSSR count). The summed E-state index contributed by atoms with van der Waals surface area (Å²) in [5.74, 6) is 0. The molecule has 0 fully saturated rings. The Kier molecular flexibility index (Phi) is 5.69. The van der Waals surface area contributed by atoms with Crippen LogP contribution in [0.2, 0.25) is 10.0 Å². The van der Waals surface area contributed by atoms with Gasteiger partial charge in [0.1, 0.15) is 0 Å². The summed E-state index contributed by atoms with van der Waals surface area (Å²) in [6, 6.07) is 12.6. The summed E-state index contributed by atoms with van der Waals surface area (Å²) >= 11 is 12.6. The second-order valence-electron chi connectivity index (χ2n) is 5.11. The maximum Gasteiger partial charge on any atom is 0.0643 e. The van der Waals surface area contributed by atoms with E-state index >= 15 is 0 Å². The Balaban J connectivity index is 2.57. The van der Waals surface area contributed by atoms with Crippen molar-refractivity contribution in [3.63, 3.8) is 0 Å². The van der Waals surface area contributed by atoms with Crippen LogP contribution in [0.15, 0.2) is 36.4 Å². The van der Waals surface area contributed by atoms with Crippen LogP contribution in [0, 0.1) is 0 Å². The van der Waals surface area contributed by atoms with Gasteiger partial charge in [0.2, 0.25) is 0 Å². The fourth-order valence-corrected chi connectivity index (χ4v) is 3.09. The molecule has 2 aromatic carbocycles. The number of aryl methyl sites for hydroxylation is 2. The lowest BCUT2D eigenvalue weighted by Gasteiger charge is -2.22. The zero-order valence-electron chi connectivity index (χ0n) is 12.7. The number of halogens is 2. The van der Waals surface area contributed by atoms with E-state index in [2.05, 4.69) is 37.4 Å². The van der Waals surface area contributed by atoms with Crippen LogP contribution in [0.5, 0.6) is 0 Å². The van der Waals surface area contributed by atoms with Crippen LogP contribution in [0.25, 0.3) is 0 Å². The molecule has 0 saturated heterocycles. The van der Waals surface area contributed by atoms with Crippen molar-refractivity contribution in [1.29, 1.82) is 0 Å². The van der Waals surface area contributed by atoms with Gasteiger partial charge < -0.3 is 5.32 Å². The average molecular weight is 322 g/mol. The molecule has 1 N–H and O–H groups in total. The van der Waals surface area contributed by atoms with Gasteiger partial charge in [-0.3, -0.25) is 0 Å². The van der Waals surface area contributed by atoms with Crippen molar-refractivity contribution in [2.24, 2.45) is 0 Å². The van der Waals surface area contributed by atoms with Gasteiger partial charge in [0.25, 0.3) is 0 Å². The molecule has 0 aliphatic rings. The molecule has 0 aliphatic heterocycles. The van der Waals surface area contributed by atoms with E-state index in [0.29, 0.717) is 10.0 Å². The third-order valence-electron chi connectivity index (χ3n) is 3.89. The number of rotatable bonds is 5. The summed E-state index contributed by atoms with van der Waals surface area (Å²) in [6.45, 7) is 4.35. The van der Waals surface area contributed by atoms with E-state index in [9.17, 15) is 0 Å². The van der Waals surface area contributed by atoms with Gasteiger partial charge in [-0.25, -0.2) is 0 Å². The molecule has 2 aromatic rings. The first kappa shape index (κ1) is 16.4. The van der Waals surface area contributed by atoms with Gasteiger partial charge >= 0.3 is 0 Å². The van der Waals surface area contributed by atoms with Crippen LogP contribution >= 0.6 is 23.2 Å². The topological polar surface area (TPSA) is 12.0 Å². The maximum absolute atomic E-state index is 6.41. The monoisotopic (exact) mass is 321 g/mol. The zero-order chi connectivity index (χ0) is 15.4. The molecule has 1 unspecified atom stereocenters. The third kappa shape index (κ3) is 3.42. The number of benzene rings is 2. The predicted octanol–water partition coefficient (Wildman–Crippen LogP) is 5.43. The standard InChI is InChI=1S/C18H21Cl2N/c1-4-12-9-10-13(5-2)15(11-12)18(21-3)14-7-6-8-16(19)17(14)20/h6-11,18,21H,4-5H2,1-3H3. The minimum absolute atomic E-state index is 0.0534. The molecular formula is C18H21Cl2N. The van der Waals surface area contributed by atoms with E-state index in [1.165, 1.54) is 16.7 Å². The second kappa shape index (κ2) is 7.31. The van der Waals surface area contributed by atoms with Crippen molar-refractivity contribution in [2.75, 3.05) is 7.05 Å². The first-order valence-electron chi connectivity index (χ1n) is 7.35. The summed E-state index contributed by atoms with van der Waals surface area (Å²) in [4.78, 5) is 0. The van der Waals surface area contributed by atoms with Crippen molar-refractivity contribution >= 4 is 23.2 Å². The predicted molar refractivity (Wildman–Crippen MR) is 92.6 cm³/mol. The largest absolute Gasteiger partial charge is 0.309 e. The Bertz CT molecular complexity index is 623. The molecular weight excluding hydrogens is 301 g/mol. The molecule has 0 bridgehead atoms. The normalized spacial score (nSPS) is 12.4. The number of hydrogen-bond donors (Lipinski definition) is 1. The fraction of sp³-hybridized carbons (Fsp3) is 0.333. The van der Waals surface area contributed by atoms with Crippen LogP contribution in [0.3, 0.4) is 0 Å². The maximum atomic E-state index is 6.41. The van der Waals surface area contributed by atoms with Crippen molar-refractivity contribution in [3.05, 3.63) is 68.7 Å². The van der Waals surface area contributed by atoms with E-state index in [-0.39, 0.29) is 6.04 Å². The lowest BCUT2D eigenvalue weighted by Crippen LogP contribution is -2.20. The summed E-state index contributed by atoms with van der Waals surface area (Å²) in [6.07, 6.45) is 2.02.